The molecule has 3 fully saturated rings. The smallest absolute Gasteiger partial charge is 0.286 e. The lowest BCUT2D eigenvalue weighted by Crippen LogP contribution is -2.64. The Morgan fingerprint density at radius 3 is 2.39 bits per heavy atom. The molecule has 2 unspecified atom stereocenters. The van der Waals surface area contributed by atoms with E-state index >= 15 is 0 Å². The van der Waals surface area contributed by atoms with E-state index in [-0.39, 0.29) is 22.1 Å². The van der Waals surface area contributed by atoms with Gasteiger partial charge in [0.1, 0.15) is 12.4 Å². The number of rotatable bonds is 8. The first-order valence-corrected chi connectivity index (χ1v) is 13.6. The van der Waals surface area contributed by atoms with Crippen LogP contribution in [0.2, 0.25) is 0 Å². The summed E-state index contributed by atoms with van der Waals surface area (Å²) >= 11 is 1.07. The molecule has 182 valence electrons. The van der Waals surface area contributed by atoms with Crippen LogP contribution in [-0.4, -0.2) is 53.7 Å². The average molecular weight is 474 g/mol. The van der Waals surface area contributed by atoms with Crippen molar-refractivity contribution in [1.82, 2.24) is 15.5 Å². The highest BCUT2D eigenvalue weighted by Crippen LogP contribution is 2.38. The number of ether oxygens (including phenoxy) is 1. The Morgan fingerprint density at radius 1 is 1.03 bits per heavy atom. The third-order valence-corrected chi connectivity index (χ3v) is 8.67. The molecule has 4 rings (SSSR count). The summed E-state index contributed by atoms with van der Waals surface area (Å²) in [5, 5.41) is 5.73. The molecule has 33 heavy (non-hydrogen) atoms. The molecule has 0 radical (unpaired) electrons. The van der Waals surface area contributed by atoms with Crippen LogP contribution in [-0.2, 0) is 11.2 Å². The van der Waals surface area contributed by atoms with Crippen molar-refractivity contribution in [2.45, 2.75) is 81.5 Å². The second-order valence-electron chi connectivity index (χ2n) is 9.85. The molecule has 0 aromatic heterocycles. The van der Waals surface area contributed by atoms with Gasteiger partial charge < -0.3 is 4.74 Å². The van der Waals surface area contributed by atoms with Crippen LogP contribution in [0.5, 0.6) is 5.75 Å². The van der Waals surface area contributed by atoms with Crippen LogP contribution in [0.4, 0.5) is 4.79 Å². The number of hydrogen-bond donors (Lipinski definition) is 2. The Kier molecular flexibility index (Phi) is 8.72. The molecular weight excluding hydrogens is 434 g/mol. The lowest BCUT2D eigenvalue weighted by Gasteiger charge is -2.51. The van der Waals surface area contributed by atoms with Crippen molar-refractivity contribution >= 4 is 22.9 Å². The van der Waals surface area contributed by atoms with E-state index < -0.39 is 0 Å². The molecule has 2 saturated heterocycles. The first-order valence-electron chi connectivity index (χ1n) is 12.8. The molecule has 3 aliphatic rings. The highest BCUT2D eigenvalue weighted by Gasteiger charge is 2.42. The van der Waals surface area contributed by atoms with Crippen molar-refractivity contribution in [2.24, 2.45) is 5.92 Å². The molecule has 2 amide bonds. The molecule has 1 aliphatic carbocycles. The lowest BCUT2D eigenvalue weighted by molar-refractivity contribution is -0.118. The van der Waals surface area contributed by atoms with Gasteiger partial charge in [-0.2, -0.15) is 0 Å². The number of carbonyl (C=O) groups is 2. The zero-order valence-corrected chi connectivity index (χ0v) is 20.8. The Labute approximate surface area is 202 Å². The van der Waals surface area contributed by atoms with Gasteiger partial charge in [0.2, 0.25) is 5.91 Å². The zero-order chi connectivity index (χ0) is 23.1. The average Bonchev–Trinajstić information content (AvgIpc) is 3.11. The number of benzene rings is 1. The minimum absolute atomic E-state index is 0.111. The molecule has 2 aliphatic heterocycles. The van der Waals surface area contributed by atoms with E-state index in [1.54, 1.807) is 0 Å². The number of amides is 2. The molecule has 2 atom stereocenters. The Balaban J connectivity index is 1.30. The molecule has 6 nitrogen and oxygen atoms in total. The van der Waals surface area contributed by atoms with Gasteiger partial charge in [-0.1, -0.05) is 56.0 Å². The fourth-order valence-corrected chi connectivity index (χ4v) is 6.66. The summed E-state index contributed by atoms with van der Waals surface area (Å²) in [7, 11) is 2.27. The molecule has 0 spiro atoms. The van der Waals surface area contributed by atoms with Crippen LogP contribution in [0.25, 0.3) is 0 Å². The minimum atomic E-state index is -0.328. The molecule has 7 heteroatoms. The Hall–Kier alpha value is -1.57. The minimum Gasteiger partial charge on any atom is -0.492 e. The lowest BCUT2D eigenvalue weighted by atomic mass is 9.76. The maximum Gasteiger partial charge on any atom is 0.286 e. The third kappa shape index (κ3) is 6.31. The summed E-state index contributed by atoms with van der Waals surface area (Å²) in [4.78, 5) is 25.7. The monoisotopic (exact) mass is 473 g/mol. The van der Waals surface area contributed by atoms with E-state index in [4.69, 9.17) is 4.74 Å². The van der Waals surface area contributed by atoms with Gasteiger partial charge in [0.05, 0.1) is 10.9 Å². The number of hydrogen-bond acceptors (Lipinski definition) is 6. The highest BCUT2D eigenvalue weighted by molar-refractivity contribution is 8.15. The van der Waals surface area contributed by atoms with E-state index in [0.29, 0.717) is 13.0 Å². The molecule has 2 N–H and O–H groups in total. The molecule has 1 saturated carbocycles. The summed E-state index contributed by atoms with van der Waals surface area (Å²) in [5.41, 5.74) is 1.15. The van der Waals surface area contributed by atoms with Crippen LogP contribution >= 0.6 is 11.8 Å². The van der Waals surface area contributed by atoms with Crippen LogP contribution in [0.3, 0.4) is 0 Å². The number of nitrogens with one attached hydrogen (secondary N) is 2. The fourth-order valence-electron chi connectivity index (χ4n) is 5.80. The fraction of sp³-hybridized carbons (Fsp3) is 0.692. The maximum atomic E-state index is 11.8. The summed E-state index contributed by atoms with van der Waals surface area (Å²) in [6.07, 6.45) is 13.9. The number of imide groups is 1. The normalized spacial score (nSPS) is 27.3. The molecule has 1 aromatic carbocycles. The van der Waals surface area contributed by atoms with Gasteiger partial charge >= 0.3 is 0 Å². The first-order chi connectivity index (χ1) is 16.1. The largest absolute Gasteiger partial charge is 0.492 e. The van der Waals surface area contributed by atoms with Crippen molar-refractivity contribution in [3.8, 4) is 5.75 Å². The quantitative estimate of drug-likeness (QED) is 0.569. The topological polar surface area (TPSA) is 70.7 Å². The van der Waals surface area contributed by atoms with Crippen molar-refractivity contribution in [3.05, 3.63) is 29.8 Å². The van der Waals surface area contributed by atoms with E-state index in [0.717, 1.165) is 42.1 Å². The Bertz CT molecular complexity index is 786. The Morgan fingerprint density at radius 2 is 1.76 bits per heavy atom. The van der Waals surface area contributed by atoms with Gasteiger partial charge in [0, 0.05) is 6.54 Å². The van der Waals surface area contributed by atoms with Crippen LogP contribution in [0.1, 0.15) is 69.8 Å². The van der Waals surface area contributed by atoms with Gasteiger partial charge in [-0.25, -0.2) is 0 Å². The van der Waals surface area contributed by atoms with Crippen LogP contribution < -0.4 is 15.4 Å². The predicted octanol–water partition coefficient (Wildman–Crippen LogP) is 4.72. The number of thioether (sulfide) groups is 1. The van der Waals surface area contributed by atoms with E-state index in [9.17, 15) is 9.59 Å². The van der Waals surface area contributed by atoms with Gasteiger partial charge in [-0.05, 0) is 75.7 Å². The summed E-state index contributed by atoms with van der Waals surface area (Å²) in [6.45, 7) is 2.67. The van der Waals surface area contributed by atoms with Crippen LogP contribution in [0.15, 0.2) is 24.3 Å². The molecule has 2 heterocycles. The third-order valence-electron chi connectivity index (χ3n) is 7.68. The zero-order valence-electron chi connectivity index (χ0n) is 19.9. The van der Waals surface area contributed by atoms with Crippen LogP contribution in [0, 0.1) is 5.92 Å². The van der Waals surface area contributed by atoms with Gasteiger partial charge in [-0.3, -0.25) is 25.1 Å². The number of nitrogens with zero attached hydrogens (tertiary/aromatic N) is 1. The molecule has 0 bridgehead atoms. The van der Waals surface area contributed by atoms with Gasteiger partial charge in [0.15, 0.2) is 0 Å². The number of likely N-dealkylation sites (N-methyl/N-ethyl adjacent to an activating group) is 1. The summed E-state index contributed by atoms with van der Waals surface area (Å²) in [5.74, 6) is 1.38. The SMILES string of the molecule is CN(CCOc1ccc(CC2SC(=O)NC2=O)cc1)C1(C2CCCCCCC2)CCCCN1. The van der Waals surface area contributed by atoms with Gasteiger partial charge in [0.25, 0.3) is 5.24 Å². The maximum absolute atomic E-state index is 11.8. The van der Waals surface area contributed by atoms with E-state index in [1.165, 1.54) is 64.2 Å². The van der Waals surface area contributed by atoms with E-state index in [2.05, 4.69) is 22.6 Å². The van der Waals surface area contributed by atoms with E-state index in [1.807, 2.05) is 24.3 Å². The van der Waals surface area contributed by atoms with Crippen molar-refractivity contribution in [1.29, 1.82) is 0 Å². The molecular formula is C26H39N3O3S. The summed E-state index contributed by atoms with van der Waals surface area (Å²) < 4.78 is 6.10. The highest BCUT2D eigenvalue weighted by atomic mass is 32.2. The molecule has 1 aromatic rings. The van der Waals surface area contributed by atoms with Gasteiger partial charge in [-0.15, -0.1) is 0 Å². The van der Waals surface area contributed by atoms with Crippen molar-refractivity contribution in [2.75, 3.05) is 26.7 Å². The van der Waals surface area contributed by atoms with Crippen molar-refractivity contribution in [3.63, 3.8) is 0 Å². The standard InChI is InChI=1S/C26H39N3O3S/c1-29(26(15-7-8-16-27-26)21-9-5-3-2-4-6-10-21)17-18-32-22-13-11-20(12-14-22)19-23-24(30)28-25(31)33-23/h11-14,21,23,27H,2-10,15-19H2,1H3,(H,28,30,31). The van der Waals surface area contributed by atoms with Crippen molar-refractivity contribution < 1.29 is 14.3 Å². The second kappa shape index (κ2) is 11.7. The number of carbonyl (C=O) groups excluding carboxylic acids is 2. The first kappa shape index (κ1) is 24.6. The number of piperidine rings is 1. The predicted molar refractivity (Wildman–Crippen MR) is 134 cm³/mol. The summed E-state index contributed by atoms with van der Waals surface area (Å²) in [6, 6.07) is 7.93. The second-order valence-corrected chi connectivity index (χ2v) is 11.0.